The van der Waals surface area contributed by atoms with Crippen LogP contribution in [0.2, 0.25) is 0 Å². The van der Waals surface area contributed by atoms with E-state index in [0.29, 0.717) is 5.82 Å². The molecule has 1 aromatic heterocycles. The second-order valence-electron chi connectivity index (χ2n) is 4.95. The summed E-state index contributed by atoms with van der Waals surface area (Å²) >= 11 is 0. The van der Waals surface area contributed by atoms with E-state index in [9.17, 15) is 10.1 Å². The van der Waals surface area contributed by atoms with Crippen LogP contribution in [0.15, 0.2) is 6.20 Å². The monoisotopic (exact) mass is 266 g/mol. The molecule has 0 radical (unpaired) electrons. The summed E-state index contributed by atoms with van der Waals surface area (Å²) in [4.78, 5) is 22.4. The second kappa shape index (κ2) is 5.35. The van der Waals surface area contributed by atoms with Gasteiger partial charge in [0.2, 0.25) is 11.8 Å². The van der Waals surface area contributed by atoms with Gasteiger partial charge >= 0.3 is 5.69 Å². The first-order valence-corrected chi connectivity index (χ1v) is 6.17. The van der Waals surface area contributed by atoms with E-state index in [-0.39, 0.29) is 17.7 Å². The number of anilines is 2. The van der Waals surface area contributed by atoms with Crippen LogP contribution in [0.4, 0.5) is 17.5 Å². The van der Waals surface area contributed by atoms with Crippen molar-refractivity contribution in [3.63, 3.8) is 0 Å². The van der Waals surface area contributed by atoms with Gasteiger partial charge < -0.3 is 15.5 Å². The quantitative estimate of drug-likeness (QED) is 0.625. The number of likely N-dealkylation sites (N-methyl/N-ethyl adjacent to an activating group) is 1. The molecule has 1 aliphatic heterocycles. The Morgan fingerprint density at radius 2 is 2.37 bits per heavy atom. The maximum absolute atomic E-state index is 11.1. The van der Waals surface area contributed by atoms with Crippen LogP contribution in [0.25, 0.3) is 0 Å². The zero-order valence-electron chi connectivity index (χ0n) is 11.1. The summed E-state index contributed by atoms with van der Waals surface area (Å²) in [5.41, 5.74) is 5.48. The molecule has 0 aliphatic carbocycles. The molecule has 104 valence electrons. The van der Waals surface area contributed by atoms with Crippen molar-refractivity contribution in [2.24, 2.45) is 0 Å². The van der Waals surface area contributed by atoms with E-state index in [4.69, 9.17) is 5.73 Å². The topological polar surface area (TPSA) is 101 Å². The lowest BCUT2D eigenvalue weighted by molar-refractivity contribution is -0.384. The molecular formula is C11H18N6O2. The molecule has 1 saturated heterocycles. The minimum Gasteiger partial charge on any atom is -0.368 e. The van der Waals surface area contributed by atoms with Crippen molar-refractivity contribution in [1.29, 1.82) is 0 Å². The molecular weight excluding hydrogens is 248 g/mol. The van der Waals surface area contributed by atoms with Gasteiger partial charge in [0.25, 0.3) is 0 Å². The molecule has 0 saturated carbocycles. The van der Waals surface area contributed by atoms with Gasteiger partial charge in [-0.25, -0.2) is 4.98 Å². The third-order valence-corrected chi connectivity index (χ3v) is 3.19. The van der Waals surface area contributed by atoms with Gasteiger partial charge in [-0.15, -0.1) is 0 Å². The zero-order chi connectivity index (χ0) is 14.0. The molecule has 1 unspecified atom stereocenters. The molecule has 8 heteroatoms. The average molecular weight is 266 g/mol. The van der Waals surface area contributed by atoms with Gasteiger partial charge in [0.1, 0.15) is 6.20 Å². The molecule has 0 bridgehead atoms. The third kappa shape index (κ3) is 2.90. The van der Waals surface area contributed by atoms with Crippen LogP contribution in [-0.2, 0) is 0 Å². The highest BCUT2D eigenvalue weighted by Gasteiger charge is 2.31. The molecule has 19 heavy (non-hydrogen) atoms. The lowest BCUT2D eigenvalue weighted by atomic mass is 10.2. The molecule has 8 nitrogen and oxygen atoms in total. The highest BCUT2D eigenvalue weighted by molar-refractivity contribution is 5.59. The van der Waals surface area contributed by atoms with E-state index in [1.54, 1.807) is 0 Å². The number of hydrogen-bond acceptors (Lipinski definition) is 7. The van der Waals surface area contributed by atoms with Crippen LogP contribution >= 0.6 is 0 Å². The number of nitrogens with zero attached hydrogens (tertiary/aromatic N) is 5. The summed E-state index contributed by atoms with van der Waals surface area (Å²) in [6.45, 7) is 1.59. The Labute approximate surface area is 111 Å². The van der Waals surface area contributed by atoms with Crippen LogP contribution in [-0.4, -0.2) is 53.0 Å². The lowest BCUT2D eigenvalue weighted by Crippen LogP contribution is -2.38. The number of nitrogen functional groups attached to an aromatic ring is 1. The fraction of sp³-hybridized carbons (Fsp3) is 0.636. The van der Waals surface area contributed by atoms with Crippen molar-refractivity contribution in [2.45, 2.75) is 18.9 Å². The largest absolute Gasteiger partial charge is 0.368 e. The average Bonchev–Trinajstić information content (AvgIpc) is 2.75. The van der Waals surface area contributed by atoms with Crippen molar-refractivity contribution in [1.82, 2.24) is 14.9 Å². The Kier molecular flexibility index (Phi) is 3.79. The number of nitrogens with two attached hydrogens (primary N) is 1. The van der Waals surface area contributed by atoms with E-state index in [2.05, 4.69) is 14.9 Å². The molecule has 1 aromatic rings. The highest BCUT2D eigenvalue weighted by atomic mass is 16.6. The third-order valence-electron chi connectivity index (χ3n) is 3.19. The van der Waals surface area contributed by atoms with Crippen molar-refractivity contribution >= 4 is 17.5 Å². The molecule has 1 atom stereocenters. The van der Waals surface area contributed by atoms with Crippen LogP contribution in [0, 0.1) is 10.1 Å². The van der Waals surface area contributed by atoms with Gasteiger partial charge in [-0.05, 0) is 26.9 Å². The Bertz CT molecular complexity index is 478. The summed E-state index contributed by atoms with van der Waals surface area (Å²) in [7, 11) is 3.97. The zero-order valence-corrected chi connectivity index (χ0v) is 11.1. The summed E-state index contributed by atoms with van der Waals surface area (Å²) in [6, 6.07) is 0.225. The number of aromatic nitrogens is 2. The van der Waals surface area contributed by atoms with E-state index < -0.39 is 4.92 Å². The van der Waals surface area contributed by atoms with Gasteiger partial charge in [-0.1, -0.05) is 0 Å². The molecule has 2 rings (SSSR count). The summed E-state index contributed by atoms with van der Waals surface area (Å²) in [5, 5.41) is 11.1. The Balaban J connectivity index is 2.34. The number of rotatable bonds is 4. The fourth-order valence-electron chi connectivity index (χ4n) is 2.45. The van der Waals surface area contributed by atoms with Crippen molar-refractivity contribution < 1.29 is 4.92 Å². The van der Waals surface area contributed by atoms with E-state index in [1.807, 2.05) is 19.0 Å². The van der Waals surface area contributed by atoms with E-state index >= 15 is 0 Å². The van der Waals surface area contributed by atoms with Crippen LogP contribution in [0.1, 0.15) is 12.8 Å². The molecule has 2 N–H and O–H groups in total. The van der Waals surface area contributed by atoms with Gasteiger partial charge in [0.05, 0.1) is 4.92 Å². The smallest absolute Gasteiger partial charge is 0.329 e. The van der Waals surface area contributed by atoms with E-state index in [1.165, 1.54) is 6.20 Å². The molecule has 0 amide bonds. The second-order valence-corrected chi connectivity index (χ2v) is 4.95. The summed E-state index contributed by atoms with van der Waals surface area (Å²) in [6.07, 6.45) is 3.18. The predicted molar refractivity (Wildman–Crippen MR) is 72.0 cm³/mol. The predicted octanol–water partition coefficient (Wildman–Crippen LogP) is 0.497. The van der Waals surface area contributed by atoms with Gasteiger partial charge in [0, 0.05) is 19.1 Å². The number of nitro groups is 1. The molecule has 2 heterocycles. The van der Waals surface area contributed by atoms with Gasteiger partial charge in [-0.3, -0.25) is 10.1 Å². The van der Waals surface area contributed by atoms with E-state index in [0.717, 1.165) is 25.9 Å². The lowest BCUT2D eigenvalue weighted by Gasteiger charge is -2.27. The van der Waals surface area contributed by atoms with Crippen molar-refractivity contribution in [3.05, 3.63) is 16.3 Å². The molecule has 1 aliphatic rings. The highest BCUT2D eigenvalue weighted by Crippen LogP contribution is 2.31. The normalized spacial score (nSPS) is 19.1. The standard InChI is InChI=1S/C11H18N6O2/c1-15(2)7-8-4-3-5-16(8)10-9(17(18)19)6-13-11(12)14-10/h6,8H,3-5,7H2,1-2H3,(H2,12,13,14). The van der Waals surface area contributed by atoms with Gasteiger partial charge in [0.15, 0.2) is 0 Å². The maximum atomic E-state index is 11.1. The minimum absolute atomic E-state index is 0.0658. The summed E-state index contributed by atoms with van der Waals surface area (Å²) < 4.78 is 0. The Hall–Kier alpha value is -1.96. The molecule has 0 spiro atoms. The maximum Gasteiger partial charge on any atom is 0.329 e. The first-order valence-electron chi connectivity index (χ1n) is 6.17. The molecule has 1 fully saturated rings. The van der Waals surface area contributed by atoms with Crippen LogP contribution in [0.3, 0.4) is 0 Å². The minimum atomic E-state index is -0.459. The number of hydrogen-bond donors (Lipinski definition) is 1. The van der Waals surface area contributed by atoms with Crippen LogP contribution in [0.5, 0.6) is 0 Å². The van der Waals surface area contributed by atoms with Crippen LogP contribution < -0.4 is 10.6 Å². The first-order chi connectivity index (χ1) is 8.99. The Morgan fingerprint density at radius 1 is 1.63 bits per heavy atom. The van der Waals surface area contributed by atoms with Crippen molar-refractivity contribution in [2.75, 3.05) is 37.8 Å². The molecule has 0 aromatic carbocycles. The first kappa shape index (κ1) is 13.5. The fourth-order valence-corrected chi connectivity index (χ4v) is 2.45. The Morgan fingerprint density at radius 3 is 3.00 bits per heavy atom. The summed E-state index contributed by atoms with van der Waals surface area (Å²) in [5.74, 6) is 0.401. The van der Waals surface area contributed by atoms with Gasteiger partial charge in [-0.2, -0.15) is 4.98 Å². The SMILES string of the molecule is CN(C)CC1CCCN1c1nc(N)ncc1[N+](=O)[O-]. The van der Waals surface area contributed by atoms with Crippen molar-refractivity contribution in [3.8, 4) is 0 Å².